The van der Waals surface area contributed by atoms with Crippen LogP contribution < -0.4 is 0 Å². The second kappa shape index (κ2) is 12.1. The average molecular weight is 160 g/mol. The molecule has 68 valence electrons. The van der Waals surface area contributed by atoms with Crippen LogP contribution in [-0.2, 0) is 9.53 Å². The van der Waals surface area contributed by atoms with Crippen molar-refractivity contribution in [3.63, 3.8) is 0 Å². The summed E-state index contributed by atoms with van der Waals surface area (Å²) in [6.45, 7) is 2.22. The van der Waals surface area contributed by atoms with Gasteiger partial charge < -0.3 is 4.74 Å². The minimum Gasteiger partial charge on any atom is -0.384 e. The molecule has 2 nitrogen and oxygen atoms in total. The van der Waals surface area contributed by atoms with Gasteiger partial charge in [-0.2, -0.15) is 0 Å². The van der Waals surface area contributed by atoms with Crippen molar-refractivity contribution < 1.29 is 9.53 Å². The summed E-state index contributed by atoms with van der Waals surface area (Å²) < 4.78 is 4.76. The molecule has 0 aromatic carbocycles. The maximum atomic E-state index is 10.3. The van der Waals surface area contributed by atoms with Crippen LogP contribution in [0.3, 0.4) is 0 Å². The number of ketones is 1. The zero-order valence-electron chi connectivity index (χ0n) is 5.89. The van der Waals surface area contributed by atoms with E-state index in [0.29, 0.717) is 6.61 Å². The third-order valence-corrected chi connectivity index (χ3v) is 0.841. The molecule has 0 heterocycles. The molecule has 2 heteroatoms. The van der Waals surface area contributed by atoms with Crippen LogP contribution >= 0.6 is 0 Å². The Kier molecular flexibility index (Phi) is 18.4. The van der Waals surface area contributed by atoms with E-state index in [1.54, 1.807) is 13.2 Å². The zero-order valence-corrected chi connectivity index (χ0v) is 5.89. The van der Waals surface area contributed by atoms with Gasteiger partial charge in [-0.05, 0) is 19.4 Å². The molecule has 0 radical (unpaired) electrons. The van der Waals surface area contributed by atoms with Gasteiger partial charge in [-0.25, -0.2) is 0 Å². The highest BCUT2D eigenvalue weighted by Crippen LogP contribution is 1.83. The smallest absolute Gasteiger partial charge is 0.152 e. The average Bonchev–Trinajstić information content (AvgIpc) is 1.80. The maximum absolute atomic E-state index is 10.3. The Morgan fingerprint density at radius 3 is 2.36 bits per heavy atom. The first-order valence-corrected chi connectivity index (χ1v) is 2.93. The normalized spacial score (nSPS) is 8.55. The highest BCUT2D eigenvalue weighted by Gasteiger charge is 1.80. The number of hydrogen-bond acceptors (Lipinski definition) is 2. The monoisotopic (exact) mass is 160 g/mol. The van der Waals surface area contributed by atoms with E-state index in [2.05, 4.69) is 0 Å². The molecule has 0 aliphatic rings. The largest absolute Gasteiger partial charge is 0.384 e. The zero-order chi connectivity index (χ0) is 7.11. The van der Waals surface area contributed by atoms with Crippen molar-refractivity contribution in [3.05, 3.63) is 12.2 Å². The van der Waals surface area contributed by atoms with E-state index in [1.807, 2.05) is 6.08 Å². The first-order chi connectivity index (χ1) is 4.27. The predicted octanol–water partition coefficient (Wildman–Crippen LogP) is 2.44. The van der Waals surface area contributed by atoms with Gasteiger partial charge in [-0.3, -0.25) is 4.79 Å². The summed E-state index contributed by atoms with van der Waals surface area (Å²) in [4.78, 5) is 10.3. The molecule has 0 aliphatic heterocycles. The fraction of sp³-hybridized carbons (Fsp3) is 0.667. The van der Waals surface area contributed by atoms with Gasteiger partial charge in [0.25, 0.3) is 0 Å². The number of methoxy groups -OCH3 is 1. The third-order valence-electron chi connectivity index (χ3n) is 0.841. The van der Waals surface area contributed by atoms with Crippen LogP contribution in [0.5, 0.6) is 0 Å². The summed E-state index contributed by atoms with van der Waals surface area (Å²) in [5, 5.41) is 0. The molecule has 0 amide bonds. The SMILES string of the molecule is C.C.COCC/C=C/C(C)=O. The molecule has 0 N–H and O–H groups in total. The summed E-state index contributed by atoms with van der Waals surface area (Å²) in [7, 11) is 1.64. The van der Waals surface area contributed by atoms with Crippen LogP contribution in [0.25, 0.3) is 0 Å². The molecule has 0 atom stereocenters. The lowest BCUT2D eigenvalue weighted by Crippen LogP contribution is -1.85. The van der Waals surface area contributed by atoms with Gasteiger partial charge in [0.05, 0.1) is 0 Å². The van der Waals surface area contributed by atoms with Crippen LogP contribution in [0.2, 0.25) is 0 Å². The summed E-state index contributed by atoms with van der Waals surface area (Å²) in [5.74, 6) is 0.0890. The lowest BCUT2D eigenvalue weighted by atomic mass is 10.3. The van der Waals surface area contributed by atoms with Gasteiger partial charge in [0, 0.05) is 13.7 Å². The Hall–Kier alpha value is -0.630. The molecule has 0 spiro atoms. The van der Waals surface area contributed by atoms with Crippen molar-refractivity contribution in [1.29, 1.82) is 0 Å². The summed E-state index contributed by atoms with van der Waals surface area (Å²) in [6.07, 6.45) is 4.18. The van der Waals surface area contributed by atoms with E-state index in [4.69, 9.17) is 4.74 Å². The minimum absolute atomic E-state index is 0. The quantitative estimate of drug-likeness (QED) is 0.466. The van der Waals surface area contributed by atoms with Gasteiger partial charge in [0.2, 0.25) is 0 Å². The second-order valence-electron chi connectivity index (χ2n) is 1.79. The van der Waals surface area contributed by atoms with E-state index in [1.165, 1.54) is 6.92 Å². The van der Waals surface area contributed by atoms with Crippen LogP contribution in [-0.4, -0.2) is 19.5 Å². The first-order valence-electron chi connectivity index (χ1n) is 2.93. The van der Waals surface area contributed by atoms with Crippen molar-refractivity contribution in [1.82, 2.24) is 0 Å². The molecular weight excluding hydrogens is 140 g/mol. The van der Waals surface area contributed by atoms with Crippen molar-refractivity contribution in [2.45, 2.75) is 28.2 Å². The van der Waals surface area contributed by atoms with Crippen molar-refractivity contribution >= 4 is 5.78 Å². The van der Waals surface area contributed by atoms with Gasteiger partial charge in [0.1, 0.15) is 0 Å². The molecular formula is C9H20O2. The molecule has 0 fully saturated rings. The summed E-state index contributed by atoms with van der Waals surface area (Å²) >= 11 is 0. The topological polar surface area (TPSA) is 26.3 Å². The molecule has 0 aliphatic carbocycles. The lowest BCUT2D eigenvalue weighted by Gasteiger charge is -1.88. The molecule has 0 aromatic rings. The number of rotatable bonds is 4. The fourth-order valence-electron chi connectivity index (χ4n) is 0.435. The number of hydrogen-bond donors (Lipinski definition) is 0. The Morgan fingerprint density at radius 2 is 2.00 bits per heavy atom. The molecule has 0 bridgehead atoms. The maximum Gasteiger partial charge on any atom is 0.152 e. The highest BCUT2D eigenvalue weighted by atomic mass is 16.5. The molecule has 11 heavy (non-hydrogen) atoms. The number of allylic oxidation sites excluding steroid dienone is 1. The van der Waals surface area contributed by atoms with Crippen molar-refractivity contribution in [2.75, 3.05) is 13.7 Å². The van der Waals surface area contributed by atoms with E-state index < -0.39 is 0 Å². The van der Waals surface area contributed by atoms with Crippen LogP contribution in [0.15, 0.2) is 12.2 Å². The molecule has 0 saturated heterocycles. The summed E-state index contributed by atoms with van der Waals surface area (Å²) in [6, 6.07) is 0. The van der Waals surface area contributed by atoms with E-state index in [-0.39, 0.29) is 20.6 Å². The van der Waals surface area contributed by atoms with E-state index in [9.17, 15) is 4.79 Å². The predicted molar refractivity (Wildman–Crippen MR) is 49.8 cm³/mol. The van der Waals surface area contributed by atoms with Crippen molar-refractivity contribution in [3.8, 4) is 0 Å². The Morgan fingerprint density at radius 1 is 1.45 bits per heavy atom. The van der Waals surface area contributed by atoms with Crippen LogP contribution in [0, 0.1) is 0 Å². The van der Waals surface area contributed by atoms with Gasteiger partial charge >= 0.3 is 0 Å². The van der Waals surface area contributed by atoms with Crippen LogP contribution in [0.4, 0.5) is 0 Å². The molecule has 0 unspecified atom stereocenters. The van der Waals surface area contributed by atoms with Gasteiger partial charge in [-0.15, -0.1) is 0 Å². The third kappa shape index (κ3) is 17.6. The fourth-order valence-corrected chi connectivity index (χ4v) is 0.435. The number of carbonyl (C=O) groups is 1. The van der Waals surface area contributed by atoms with E-state index >= 15 is 0 Å². The molecule has 0 saturated carbocycles. The Balaban J connectivity index is -0.000000320. The second-order valence-corrected chi connectivity index (χ2v) is 1.79. The first kappa shape index (κ1) is 16.8. The minimum atomic E-state index is 0. The van der Waals surface area contributed by atoms with Crippen molar-refractivity contribution in [2.24, 2.45) is 0 Å². The highest BCUT2D eigenvalue weighted by molar-refractivity contribution is 5.87. The Labute approximate surface area is 70.3 Å². The Bertz CT molecular complexity index is 106. The van der Waals surface area contributed by atoms with Gasteiger partial charge in [0.15, 0.2) is 5.78 Å². The summed E-state index contributed by atoms with van der Waals surface area (Å²) in [5.41, 5.74) is 0. The standard InChI is InChI=1S/C7H12O2.2CH4/c1-7(8)5-3-4-6-9-2;;/h3,5H,4,6H2,1-2H3;2*1H4/b5-3+;;. The molecule has 0 rings (SSSR count). The van der Waals surface area contributed by atoms with E-state index in [0.717, 1.165) is 6.42 Å². The number of ether oxygens (including phenoxy) is 1. The van der Waals surface area contributed by atoms with Gasteiger partial charge in [-0.1, -0.05) is 20.9 Å². The number of carbonyl (C=O) groups excluding carboxylic acids is 1. The lowest BCUT2D eigenvalue weighted by molar-refractivity contribution is -0.112. The van der Waals surface area contributed by atoms with Crippen LogP contribution in [0.1, 0.15) is 28.2 Å². The molecule has 0 aromatic heterocycles.